The van der Waals surface area contributed by atoms with E-state index in [1.165, 1.54) is 0 Å². The molecule has 1 heterocycles. The molecule has 0 aromatic carbocycles. The highest BCUT2D eigenvalue weighted by Crippen LogP contribution is 2.37. The molecule has 0 radical (unpaired) electrons. The van der Waals surface area contributed by atoms with Gasteiger partial charge in [0.15, 0.2) is 0 Å². The smallest absolute Gasteiger partial charge is 0.353 e. The number of halogens is 3. The maximum absolute atomic E-state index is 12.7. The van der Waals surface area contributed by atoms with Crippen LogP contribution < -0.4 is 10.6 Å². The SMILES string of the molecule is O=C(CSC1CCNCC1)NC1CCCC(C(F)(F)F)C1. The van der Waals surface area contributed by atoms with Crippen LogP contribution >= 0.6 is 11.8 Å². The first-order valence-electron chi connectivity index (χ1n) is 7.63. The van der Waals surface area contributed by atoms with Gasteiger partial charge in [-0.3, -0.25) is 4.79 Å². The molecular weight excluding hydrogens is 301 g/mol. The van der Waals surface area contributed by atoms with E-state index in [1.807, 2.05) is 0 Å². The van der Waals surface area contributed by atoms with Crippen LogP contribution in [0.25, 0.3) is 0 Å². The van der Waals surface area contributed by atoms with Crippen LogP contribution in [0.4, 0.5) is 13.2 Å². The fraction of sp³-hybridized carbons (Fsp3) is 0.929. The van der Waals surface area contributed by atoms with Gasteiger partial charge in [-0.2, -0.15) is 13.2 Å². The number of carbonyl (C=O) groups is 1. The average Bonchev–Trinajstić information content (AvgIpc) is 2.46. The number of hydrogen-bond donors (Lipinski definition) is 2. The largest absolute Gasteiger partial charge is 0.391 e. The Labute approximate surface area is 127 Å². The Morgan fingerprint density at radius 1 is 1.19 bits per heavy atom. The quantitative estimate of drug-likeness (QED) is 0.835. The number of rotatable bonds is 4. The number of thioether (sulfide) groups is 1. The van der Waals surface area contributed by atoms with Crippen molar-refractivity contribution in [2.45, 2.75) is 56.0 Å². The molecule has 1 aliphatic heterocycles. The van der Waals surface area contributed by atoms with Crippen molar-refractivity contribution in [2.75, 3.05) is 18.8 Å². The van der Waals surface area contributed by atoms with Gasteiger partial charge in [-0.1, -0.05) is 6.42 Å². The topological polar surface area (TPSA) is 41.1 Å². The summed E-state index contributed by atoms with van der Waals surface area (Å²) < 4.78 is 38.2. The second kappa shape index (κ2) is 7.72. The number of amides is 1. The normalized spacial score (nSPS) is 28.3. The molecule has 0 aromatic rings. The lowest BCUT2D eigenvalue weighted by atomic mass is 9.85. The Morgan fingerprint density at radius 2 is 1.90 bits per heavy atom. The third-order valence-electron chi connectivity index (χ3n) is 4.24. The summed E-state index contributed by atoms with van der Waals surface area (Å²) in [6.07, 6.45) is -0.595. The van der Waals surface area contributed by atoms with Gasteiger partial charge >= 0.3 is 6.18 Å². The second-order valence-electron chi connectivity index (χ2n) is 5.93. The maximum atomic E-state index is 12.7. The van der Waals surface area contributed by atoms with Gasteiger partial charge in [-0.05, 0) is 45.2 Å². The van der Waals surface area contributed by atoms with Crippen molar-refractivity contribution >= 4 is 17.7 Å². The minimum Gasteiger partial charge on any atom is -0.353 e. The zero-order valence-corrected chi connectivity index (χ0v) is 12.9. The summed E-state index contributed by atoms with van der Waals surface area (Å²) in [4.78, 5) is 11.9. The summed E-state index contributed by atoms with van der Waals surface area (Å²) in [5.41, 5.74) is 0. The average molecular weight is 324 g/mol. The molecule has 0 aromatic heterocycles. The van der Waals surface area contributed by atoms with E-state index in [0.717, 1.165) is 25.9 Å². The van der Waals surface area contributed by atoms with Crippen LogP contribution in [0.2, 0.25) is 0 Å². The lowest BCUT2D eigenvalue weighted by Gasteiger charge is -2.31. The van der Waals surface area contributed by atoms with Crippen molar-refractivity contribution < 1.29 is 18.0 Å². The lowest BCUT2D eigenvalue weighted by Crippen LogP contribution is -2.42. The second-order valence-corrected chi connectivity index (χ2v) is 7.22. The van der Waals surface area contributed by atoms with E-state index in [2.05, 4.69) is 10.6 Å². The Kier molecular flexibility index (Phi) is 6.22. The van der Waals surface area contributed by atoms with Crippen molar-refractivity contribution in [1.82, 2.24) is 10.6 Å². The molecule has 1 amide bonds. The van der Waals surface area contributed by atoms with Crippen LogP contribution in [0.15, 0.2) is 0 Å². The molecule has 2 unspecified atom stereocenters. The van der Waals surface area contributed by atoms with Gasteiger partial charge in [0.2, 0.25) is 5.91 Å². The van der Waals surface area contributed by atoms with Gasteiger partial charge in [-0.25, -0.2) is 0 Å². The Morgan fingerprint density at radius 3 is 2.57 bits per heavy atom. The molecule has 0 bridgehead atoms. The van der Waals surface area contributed by atoms with Crippen LogP contribution in [-0.4, -0.2) is 42.2 Å². The van der Waals surface area contributed by atoms with Gasteiger partial charge in [0, 0.05) is 11.3 Å². The van der Waals surface area contributed by atoms with E-state index in [1.54, 1.807) is 11.8 Å². The van der Waals surface area contributed by atoms with Crippen LogP contribution in [0.3, 0.4) is 0 Å². The first-order valence-corrected chi connectivity index (χ1v) is 8.68. The Hall–Kier alpha value is -0.430. The summed E-state index contributed by atoms with van der Waals surface area (Å²) in [6, 6.07) is -0.313. The minimum absolute atomic E-state index is 0.0350. The van der Waals surface area contributed by atoms with Crippen molar-refractivity contribution in [2.24, 2.45) is 5.92 Å². The molecule has 2 atom stereocenters. The molecule has 7 heteroatoms. The summed E-state index contributed by atoms with van der Waals surface area (Å²) in [5.74, 6) is -1.02. The van der Waals surface area contributed by atoms with Gasteiger partial charge in [0.05, 0.1) is 11.7 Å². The van der Waals surface area contributed by atoms with Crippen LogP contribution in [-0.2, 0) is 4.79 Å². The van der Waals surface area contributed by atoms with Crippen molar-refractivity contribution in [1.29, 1.82) is 0 Å². The van der Waals surface area contributed by atoms with Gasteiger partial charge in [0.1, 0.15) is 0 Å². The maximum Gasteiger partial charge on any atom is 0.391 e. The highest BCUT2D eigenvalue weighted by Gasteiger charge is 2.42. The molecule has 0 spiro atoms. The molecule has 1 saturated heterocycles. The van der Waals surface area contributed by atoms with Gasteiger partial charge in [0.25, 0.3) is 0 Å². The van der Waals surface area contributed by atoms with Crippen molar-refractivity contribution in [3.8, 4) is 0 Å². The first kappa shape index (κ1) is 16.9. The summed E-state index contributed by atoms with van der Waals surface area (Å²) >= 11 is 1.63. The van der Waals surface area contributed by atoms with E-state index < -0.39 is 12.1 Å². The van der Waals surface area contributed by atoms with Crippen molar-refractivity contribution in [3.05, 3.63) is 0 Å². The first-order chi connectivity index (χ1) is 9.95. The van der Waals surface area contributed by atoms with Crippen LogP contribution in [0.1, 0.15) is 38.5 Å². The monoisotopic (exact) mass is 324 g/mol. The van der Waals surface area contributed by atoms with Gasteiger partial charge < -0.3 is 10.6 Å². The van der Waals surface area contributed by atoms with Gasteiger partial charge in [-0.15, -0.1) is 11.8 Å². The highest BCUT2D eigenvalue weighted by atomic mass is 32.2. The highest BCUT2D eigenvalue weighted by molar-refractivity contribution is 8.00. The molecule has 122 valence electrons. The molecular formula is C14H23F3N2OS. The molecule has 2 aliphatic rings. The number of hydrogen-bond acceptors (Lipinski definition) is 3. The fourth-order valence-electron chi connectivity index (χ4n) is 3.04. The van der Waals surface area contributed by atoms with E-state index >= 15 is 0 Å². The van der Waals surface area contributed by atoms with E-state index in [0.29, 0.717) is 23.8 Å². The molecule has 1 saturated carbocycles. The molecule has 2 rings (SSSR count). The molecule has 2 N–H and O–H groups in total. The van der Waals surface area contributed by atoms with Crippen LogP contribution in [0.5, 0.6) is 0 Å². The predicted octanol–water partition coefficient (Wildman–Crippen LogP) is 2.71. The third kappa shape index (κ3) is 5.70. The summed E-state index contributed by atoms with van der Waals surface area (Å²) in [6.45, 7) is 1.96. The number of alkyl halides is 3. The number of nitrogens with one attached hydrogen (secondary N) is 2. The number of carbonyl (C=O) groups excluding carboxylic acids is 1. The predicted molar refractivity (Wildman–Crippen MR) is 78.3 cm³/mol. The lowest BCUT2D eigenvalue weighted by molar-refractivity contribution is -0.184. The third-order valence-corrected chi connectivity index (χ3v) is 5.61. The minimum atomic E-state index is -4.13. The standard InChI is InChI=1S/C14H23F3N2OS/c15-14(16,17)10-2-1-3-11(8-10)19-13(20)9-21-12-4-6-18-7-5-12/h10-12,18H,1-9H2,(H,19,20). The molecule has 1 aliphatic carbocycles. The molecule has 3 nitrogen and oxygen atoms in total. The van der Waals surface area contributed by atoms with E-state index in [-0.39, 0.29) is 24.8 Å². The molecule has 2 fully saturated rings. The number of piperidine rings is 1. The van der Waals surface area contributed by atoms with E-state index in [4.69, 9.17) is 0 Å². The fourth-order valence-corrected chi connectivity index (χ4v) is 4.08. The summed E-state index contributed by atoms with van der Waals surface area (Å²) in [7, 11) is 0. The van der Waals surface area contributed by atoms with Crippen LogP contribution in [0, 0.1) is 5.92 Å². The Balaban J connectivity index is 1.69. The van der Waals surface area contributed by atoms with E-state index in [9.17, 15) is 18.0 Å². The zero-order chi connectivity index (χ0) is 15.3. The van der Waals surface area contributed by atoms with Crippen molar-refractivity contribution in [3.63, 3.8) is 0 Å². The summed E-state index contributed by atoms with van der Waals surface area (Å²) in [5, 5.41) is 6.54. The Bertz CT molecular complexity index is 346. The zero-order valence-electron chi connectivity index (χ0n) is 12.0. The molecule has 21 heavy (non-hydrogen) atoms.